The molecule has 3 rings (SSSR count). The summed E-state index contributed by atoms with van der Waals surface area (Å²) in [5.41, 5.74) is 0.513. The molecule has 0 fully saturated rings. The average molecular weight is 426 g/mol. The van der Waals surface area contributed by atoms with E-state index in [9.17, 15) is 22.8 Å². The summed E-state index contributed by atoms with van der Waals surface area (Å²) in [6, 6.07) is 8.61. The van der Waals surface area contributed by atoms with Gasteiger partial charge < -0.3 is 14.5 Å². The number of furan rings is 1. The van der Waals surface area contributed by atoms with Crippen molar-refractivity contribution in [2.45, 2.75) is 19.5 Å². The molecule has 0 aliphatic carbocycles. The van der Waals surface area contributed by atoms with Crippen LogP contribution in [0.4, 0.5) is 18.9 Å². The summed E-state index contributed by atoms with van der Waals surface area (Å²) in [6.07, 6.45) is -3.43. The van der Waals surface area contributed by atoms with Gasteiger partial charge in [-0.15, -0.1) is 0 Å². The minimum atomic E-state index is -4.70. The molecule has 152 valence electrons. The van der Waals surface area contributed by atoms with E-state index in [1.54, 1.807) is 6.07 Å². The SMILES string of the molecule is Cc1ccc2c(CC(=O)OCC(=O)Nc3c(Cl)cccc3C(F)(F)F)coc2c1. The second-order valence-corrected chi connectivity index (χ2v) is 6.71. The molecule has 0 saturated heterocycles. The molecule has 0 bridgehead atoms. The predicted octanol–water partition coefficient (Wildman–Crippen LogP) is 5.14. The number of aryl methyl sites for hydroxylation is 1. The topological polar surface area (TPSA) is 68.5 Å². The molecule has 0 unspecified atom stereocenters. The number of hydrogen-bond donors (Lipinski definition) is 1. The first-order valence-electron chi connectivity index (χ1n) is 8.43. The first-order chi connectivity index (χ1) is 13.6. The molecule has 0 aliphatic heterocycles. The summed E-state index contributed by atoms with van der Waals surface area (Å²) in [7, 11) is 0. The summed E-state index contributed by atoms with van der Waals surface area (Å²) in [4.78, 5) is 24.0. The molecule has 5 nitrogen and oxygen atoms in total. The zero-order valence-electron chi connectivity index (χ0n) is 15.1. The van der Waals surface area contributed by atoms with Gasteiger partial charge in [-0.3, -0.25) is 9.59 Å². The smallest absolute Gasteiger partial charge is 0.418 e. The fourth-order valence-corrected chi connectivity index (χ4v) is 2.96. The Morgan fingerprint density at radius 3 is 2.69 bits per heavy atom. The first-order valence-corrected chi connectivity index (χ1v) is 8.81. The van der Waals surface area contributed by atoms with Crippen molar-refractivity contribution in [2.24, 2.45) is 0 Å². The highest BCUT2D eigenvalue weighted by Crippen LogP contribution is 2.38. The van der Waals surface area contributed by atoms with E-state index in [1.807, 2.05) is 24.4 Å². The van der Waals surface area contributed by atoms with Gasteiger partial charge in [0.25, 0.3) is 5.91 Å². The number of para-hydroxylation sites is 1. The molecule has 1 aromatic heterocycles. The summed E-state index contributed by atoms with van der Waals surface area (Å²) < 4.78 is 49.4. The van der Waals surface area contributed by atoms with Crippen LogP contribution in [-0.2, 0) is 26.9 Å². The van der Waals surface area contributed by atoms with Crippen LogP contribution in [0.15, 0.2) is 47.1 Å². The molecule has 2 aromatic carbocycles. The number of alkyl halides is 3. The Hall–Kier alpha value is -3.00. The van der Waals surface area contributed by atoms with E-state index in [0.29, 0.717) is 11.1 Å². The van der Waals surface area contributed by atoms with Crippen LogP contribution in [0.5, 0.6) is 0 Å². The Balaban J connectivity index is 1.62. The lowest BCUT2D eigenvalue weighted by atomic mass is 10.1. The van der Waals surface area contributed by atoms with Crippen molar-refractivity contribution in [3.63, 3.8) is 0 Å². The first kappa shape index (κ1) is 20.7. The Morgan fingerprint density at radius 2 is 1.97 bits per heavy atom. The van der Waals surface area contributed by atoms with Gasteiger partial charge in [0.05, 0.1) is 29.0 Å². The second kappa shape index (κ2) is 8.16. The fourth-order valence-electron chi connectivity index (χ4n) is 2.74. The van der Waals surface area contributed by atoms with E-state index in [2.05, 4.69) is 0 Å². The summed E-state index contributed by atoms with van der Waals surface area (Å²) >= 11 is 5.77. The van der Waals surface area contributed by atoms with Gasteiger partial charge in [-0.2, -0.15) is 13.2 Å². The molecular weight excluding hydrogens is 411 g/mol. The Kier molecular flexibility index (Phi) is 5.83. The van der Waals surface area contributed by atoms with Gasteiger partial charge in [0, 0.05) is 10.9 Å². The molecular formula is C20H15ClF3NO4. The van der Waals surface area contributed by atoms with E-state index < -0.39 is 35.9 Å². The maximum absolute atomic E-state index is 13.1. The van der Waals surface area contributed by atoms with Gasteiger partial charge in [-0.05, 0) is 30.7 Å². The van der Waals surface area contributed by atoms with E-state index in [-0.39, 0.29) is 11.4 Å². The number of anilines is 1. The van der Waals surface area contributed by atoms with Crippen LogP contribution in [0.2, 0.25) is 5.02 Å². The number of benzene rings is 2. The predicted molar refractivity (Wildman–Crippen MR) is 101 cm³/mol. The van der Waals surface area contributed by atoms with Gasteiger partial charge in [0.2, 0.25) is 0 Å². The van der Waals surface area contributed by atoms with E-state index >= 15 is 0 Å². The summed E-state index contributed by atoms with van der Waals surface area (Å²) in [6.45, 7) is 1.15. The van der Waals surface area contributed by atoms with Crippen LogP contribution in [-0.4, -0.2) is 18.5 Å². The van der Waals surface area contributed by atoms with Gasteiger partial charge >= 0.3 is 12.1 Å². The monoisotopic (exact) mass is 425 g/mol. The van der Waals surface area contributed by atoms with Crippen LogP contribution in [0.1, 0.15) is 16.7 Å². The Labute approximate surface area is 168 Å². The summed E-state index contributed by atoms with van der Waals surface area (Å²) in [5, 5.41) is 2.51. The highest BCUT2D eigenvalue weighted by Gasteiger charge is 2.34. The molecule has 0 spiro atoms. The largest absolute Gasteiger partial charge is 0.464 e. The van der Waals surface area contributed by atoms with Crippen molar-refractivity contribution in [3.8, 4) is 0 Å². The van der Waals surface area contributed by atoms with Crippen molar-refractivity contribution in [1.82, 2.24) is 0 Å². The lowest BCUT2D eigenvalue weighted by molar-refractivity contribution is -0.146. The zero-order valence-corrected chi connectivity index (χ0v) is 15.9. The van der Waals surface area contributed by atoms with E-state index in [4.69, 9.17) is 20.8 Å². The number of rotatable bonds is 5. The molecule has 0 radical (unpaired) electrons. The number of carbonyl (C=O) groups excluding carboxylic acids is 2. The zero-order chi connectivity index (χ0) is 21.2. The van der Waals surface area contributed by atoms with Crippen molar-refractivity contribution >= 4 is 40.1 Å². The molecule has 1 heterocycles. The average Bonchev–Trinajstić information content (AvgIpc) is 3.02. The maximum Gasteiger partial charge on any atom is 0.418 e. The van der Waals surface area contributed by atoms with Gasteiger partial charge in [-0.25, -0.2) is 0 Å². The van der Waals surface area contributed by atoms with Crippen LogP contribution in [0.25, 0.3) is 11.0 Å². The van der Waals surface area contributed by atoms with E-state index in [1.165, 1.54) is 12.3 Å². The van der Waals surface area contributed by atoms with Crippen molar-refractivity contribution in [1.29, 1.82) is 0 Å². The number of hydrogen-bond acceptors (Lipinski definition) is 4. The number of fused-ring (bicyclic) bond motifs is 1. The third-order valence-electron chi connectivity index (χ3n) is 4.09. The van der Waals surface area contributed by atoms with Gasteiger partial charge in [0.15, 0.2) is 6.61 Å². The van der Waals surface area contributed by atoms with Gasteiger partial charge in [0.1, 0.15) is 5.58 Å². The number of esters is 1. The van der Waals surface area contributed by atoms with Crippen LogP contribution >= 0.6 is 11.6 Å². The third-order valence-corrected chi connectivity index (χ3v) is 4.41. The lowest BCUT2D eigenvalue weighted by Gasteiger charge is -2.15. The third kappa shape index (κ3) is 4.89. The number of halogens is 4. The normalized spacial score (nSPS) is 11.5. The van der Waals surface area contributed by atoms with Gasteiger partial charge in [-0.1, -0.05) is 29.8 Å². The molecule has 3 aromatic rings. The van der Waals surface area contributed by atoms with Crippen molar-refractivity contribution in [3.05, 3.63) is 64.4 Å². The number of ether oxygens (including phenoxy) is 1. The van der Waals surface area contributed by atoms with Crippen LogP contribution in [0.3, 0.4) is 0 Å². The minimum absolute atomic E-state index is 0.150. The minimum Gasteiger partial charge on any atom is -0.464 e. The maximum atomic E-state index is 13.1. The number of amides is 1. The lowest BCUT2D eigenvalue weighted by Crippen LogP contribution is -2.23. The Bertz CT molecular complexity index is 1080. The fraction of sp³-hybridized carbons (Fsp3) is 0.200. The van der Waals surface area contributed by atoms with Crippen molar-refractivity contribution < 1.29 is 31.9 Å². The standard InChI is InChI=1S/C20H15ClF3NO4/c1-11-5-6-13-12(9-28-16(13)7-11)8-18(27)29-10-17(26)25-19-14(20(22,23)24)3-2-4-15(19)21/h2-7,9H,8,10H2,1H3,(H,25,26). The van der Waals surface area contributed by atoms with Crippen LogP contribution < -0.4 is 5.32 Å². The highest BCUT2D eigenvalue weighted by molar-refractivity contribution is 6.34. The highest BCUT2D eigenvalue weighted by atomic mass is 35.5. The molecule has 1 amide bonds. The molecule has 9 heteroatoms. The second-order valence-electron chi connectivity index (χ2n) is 6.31. The molecule has 29 heavy (non-hydrogen) atoms. The molecule has 0 saturated carbocycles. The quantitative estimate of drug-likeness (QED) is 0.575. The summed E-state index contributed by atoms with van der Waals surface area (Å²) in [5.74, 6) is -1.66. The number of nitrogens with one attached hydrogen (secondary N) is 1. The Morgan fingerprint density at radius 1 is 1.21 bits per heavy atom. The van der Waals surface area contributed by atoms with E-state index in [0.717, 1.165) is 23.1 Å². The molecule has 1 N–H and O–H groups in total. The van der Waals surface area contributed by atoms with Crippen LogP contribution in [0, 0.1) is 6.92 Å². The number of carbonyl (C=O) groups is 2. The van der Waals surface area contributed by atoms with Crippen molar-refractivity contribution in [2.75, 3.05) is 11.9 Å². The molecule has 0 aliphatic rings. The molecule has 0 atom stereocenters.